The Morgan fingerprint density at radius 2 is 2.00 bits per heavy atom. The topological polar surface area (TPSA) is 40.5 Å². The molecule has 0 saturated carbocycles. The summed E-state index contributed by atoms with van der Waals surface area (Å²) in [6.45, 7) is 12.0. The molecule has 0 aliphatic heterocycles. The molecular formula is C17H19BO2. The summed E-state index contributed by atoms with van der Waals surface area (Å²) in [5.41, 5.74) is 6.28. The molecule has 2 N–H and O–H groups in total. The van der Waals surface area contributed by atoms with E-state index in [0.29, 0.717) is 5.47 Å². The molecule has 1 aliphatic carbocycles. The van der Waals surface area contributed by atoms with Gasteiger partial charge in [-0.3, -0.25) is 0 Å². The van der Waals surface area contributed by atoms with Gasteiger partial charge in [0.05, 0.1) is 0 Å². The van der Waals surface area contributed by atoms with Crippen LogP contribution < -0.4 is 0 Å². The fourth-order valence-corrected chi connectivity index (χ4v) is 2.70. The van der Waals surface area contributed by atoms with Crippen LogP contribution in [0.1, 0.15) is 37.0 Å². The quantitative estimate of drug-likeness (QED) is 0.822. The molecule has 0 amide bonds. The molecule has 20 heavy (non-hydrogen) atoms. The lowest BCUT2D eigenvalue weighted by Gasteiger charge is -2.11. The van der Waals surface area contributed by atoms with Gasteiger partial charge in [0.1, 0.15) is 0 Å². The van der Waals surface area contributed by atoms with E-state index in [1.54, 1.807) is 0 Å². The molecule has 0 atom stereocenters. The fraction of sp³-hybridized carbons (Fsp3) is 0.176. The average Bonchev–Trinajstić information content (AvgIpc) is 2.71. The Morgan fingerprint density at radius 3 is 2.55 bits per heavy atom. The molecule has 1 aliphatic rings. The molecule has 3 heteroatoms. The molecule has 102 valence electrons. The molecule has 0 unspecified atom stereocenters. The highest BCUT2D eigenvalue weighted by Crippen LogP contribution is 2.46. The zero-order valence-corrected chi connectivity index (χ0v) is 12.0. The standard InChI is InChI=1S/C17H19BO2/c1-5-8-15-13(6-2)11(3)17-14(12(4)18(19)20)9-7-10-16(15)17/h6-10,19-20H,3-5H2,1-2H3/b13-6-,15-8+. The number of benzene rings is 1. The highest BCUT2D eigenvalue weighted by molar-refractivity contribution is 6.65. The van der Waals surface area contributed by atoms with Crippen LogP contribution in [0.25, 0.3) is 16.6 Å². The summed E-state index contributed by atoms with van der Waals surface area (Å²) in [5, 5.41) is 18.8. The van der Waals surface area contributed by atoms with Crippen molar-refractivity contribution >= 4 is 23.7 Å². The summed E-state index contributed by atoms with van der Waals surface area (Å²) in [6, 6.07) is 5.81. The van der Waals surface area contributed by atoms with Crippen LogP contribution in [0.3, 0.4) is 0 Å². The lowest BCUT2D eigenvalue weighted by Crippen LogP contribution is -2.14. The van der Waals surface area contributed by atoms with Gasteiger partial charge in [-0.25, -0.2) is 0 Å². The molecule has 1 aromatic carbocycles. The van der Waals surface area contributed by atoms with Gasteiger partial charge in [0.15, 0.2) is 0 Å². The first-order valence-electron chi connectivity index (χ1n) is 6.78. The molecule has 0 bridgehead atoms. The molecule has 2 nitrogen and oxygen atoms in total. The molecule has 1 aromatic rings. The normalized spacial score (nSPS) is 17.7. The van der Waals surface area contributed by atoms with Crippen molar-refractivity contribution in [1.82, 2.24) is 0 Å². The van der Waals surface area contributed by atoms with Gasteiger partial charge in [0, 0.05) is 0 Å². The van der Waals surface area contributed by atoms with Crippen LogP contribution >= 0.6 is 0 Å². The smallest absolute Gasteiger partial charge is 0.423 e. The number of hydrogen-bond acceptors (Lipinski definition) is 2. The molecule has 0 radical (unpaired) electrons. The van der Waals surface area contributed by atoms with Crippen molar-refractivity contribution < 1.29 is 10.0 Å². The van der Waals surface area contributed by atoms with Gasteiger partial charge in [0.25, 0.3) is 0 Å². The van der Waals surface area contributed by atoms with E-state index in [1.165, 1.54) is 0 Å². The second kappa shape index (κ2) is 5.65. The van der Waals surface area contributed by atoms with E-state index >= 15 is 0 Å². The minimum Gasteiger partial charge on any atom is -0.423 e. The summed E-state index contributed by atoms with van der Waals surface area (Å²) in [4.78, 5) is 0. The minimum atomic E-state index is -1.55. The molecule has 2 rings (SSSR count). The molecule has 0 aromatic heterocycles. The van der Waals surface area contributed by atoms with Crippen molar-refractivity contribution in [2.75, 3.05) is 0 Å². The van der Waals surface area contributed by atoms with E-state index in [2.05, 4.69) is 26.2 Å². The molecule has 0 heterocycles. The zero-order valence-electron chi connectivity index (χ0n) is 12.0. The second-order valence-corrected chi connectivity index (χ2v) is 4.83. The number of fused-ring (bicyclic) bond motifs is 1. The first-order valence-corrected chi connectivity index (χ1v) is 6.78. The van der Waals surface area contributed by atoms with Crippen LogP contribution in [0.15, 0.2) is 49.1 Å². The minimum absolute atomic E-state index is 0.302. The highest BCUT2D eigenvalue weighted by Gasteiger charge is 2.29. The predicted molar refractivity (Wildman–Crippen MR) is 86.7 cm³/mol. The highest BCUT2D eigenvalue weighted by atomic mass is 16.4. The van der Waals surface area contributed by atoms with Gasteiger partial charge in [-0.15, -0.1) is 0 Å². The van der Waals surface area contributed by atoms with E-state index in [1.807, 2.05) is 31.2 Å². The van der Waals surface area contributed by atoms with Gasteiger partial charge in [-0.1, -0.05) is 50.4 Å². The van der Waals surface area contributed by atoms with Crippen molar-refractivity contribution in [3.8, 4) is 0 Å². The Bertz CT molecular complexity index is 636. The Labute approximate surface area is 120 Å². The van der Waals surface area contributed by atoms with E-state index in [-0.39, 0.29) is 0 Å². The van der Waals surface area contributed by atoms with Crippen molar-refractivity contribution in [3.63, 3.8) is 0 Å². The predicted octanol–water partition coefficient (Wildman–Crippen LogP) is 3.48. The Balaban J connectivity index is 2.71. The Kier molecular flexibility index (Phi) is 4.12. The number of rotatable bonds is 3. The second-order valence-electron chi connectivity index (χ2n) is 4.83. The van der Waals surface area contributed by atoms with Crippen LogP contribution in [0, 0.1) is 0 Å². The van der Waals surface area contributed by atoms with Crippen molar-refractivity contribution in [2.24, 2.45) is 0 Å². The van der Waals surface area contributed by atoms with Gasteiger partial charge >= 0.3 is 7.12 Å². The SMILES string of the molecule is C=C(B(O)O)c1cccc2c1C(=C)C(=C/C)/C2=C\CC. The summed E-state index contributed by atoms with van der Waals surface area (Å²) in [6.07, 6.45) is 5.16. The average molecular weight is 266 g/mol. The van der Waals surface area contributed by atoms with E-state index < -0.39 is 7.12 Å². The lowest BCUT2D eigenvalue weighted by atomic mass is 9.74. The van der Waals surface area contributed by atoms with E-state index in [4.69, 9.17) is 0 Å². The van der Waals surface area contributed by atoms with Crippen LogP contribution in [0.5, 0.6) is 0 Å². The third-order valence-corrected chi connectivity index (χ3v) is 3.63. The van der Waals surface area contributed by atoms with Gasteiger partial charge in [-0.2, -0.15) is 0 Å². The Hall–Kier alpha value is -1.84. The maximum Gasteiger partial charge on any atom is 0.488 e. The van der Waals surface area contributed by atoms with E-state index in [9.17, 15) is 10.0 Å². The maximum absolute atomic E-state index is 9.38. The molecule has 0 fully saturated rings. The maximum atomic E-state index is 9.38. The number of hydrogen-bond donors (Lipinski definition) is 2. The largest absolute Gasteiger partial charge is 0.488 e. The van der Waals surface area contributed by atoms with Crippen LogP contribution in [-0.4, -0.2) is 17.2 Å². The number of allylic oxidation sites excluding steroid dienone is 5. The molecular weight excluding hydrogens is 247 g/mol. The third-order valence-electron chi connectivity index (χ3n) is 3.63. The van der Waals surface area contributed by atoms with Crippen molar-refractivity contribution in [1.29, 1.82) is 0 Å². The van der Waals surface area contributed by atoms with Crippen molar-refractivity contribution in [2.45, 2.75) is 20.3 Å². The zero-order chi connectivity index (χ0) is 14.9. The molecule has 0 spiro atoms. The Morgan fingerprint density at radius 1 is 1.30 bits per heavy atom. The van der Waals surface area contributed by atoms with Gasteiger partial charge in [0.2, 0.25) is 0 Å². The summed E-state index contributed by atoms with van der Waals surface area (Å²) in [7, 11) is -1.55. The van der Waals surface area contributed by atoms with Crippen LogP contribution in [0.4, 0.5) is 0 Å². The first-order chi connectivity index (χ1) is 9.52. The summed E-state index contributed by atoms with van der Waals surface area (Å²) < 4.78 is 0. The van der Waals surface area contributed by atoms with Gasteiger partial charge in [-0.05, 0) is 52.2 Å². The third kappa shape index (κ3) is 2.19. The lowest BCUT2D eigenvalue weighted by molar-refractivity contribution is 0.427. The monoisotopic (exact) mass is 266 g/mol. The van der Waals surface area contributed by atoms with Gasteiger partial charge < -0.3 is 10.0 Å². The van der Waals surface area contributed by atoms with Crippen LogP contribution in [0.2, 0.25) is 0 Å². The van der Waals surface area contributed by atoms with Crippen LogP contribution in [-0.2, 0) is 0 Å². The summed E-state index contributed by atoms with van der Waals surface area (Å²) >= 11 is 0. The first kappa shape index (κ1) is 14.6. The summed E-state index contributed by atoms with van der Waals surface area (Å²) in [5.74, 6) is 0. The molecule has 0 saturated heterocycles. The van der Waals surface area contributed by atoms with E-state index in [0.717, 1.165) is 39.8 Å². The fourth-order valence-electron chi connectivity index (χ4n) is 2.70. The van der Waals surface area contributed by atoms with Crippen molar-refractivity contribution in [3.05, 3.63) is 65.8 Å².